The highest BCUT2D eigenvalue weighted by molar-refractivity contribution is 5.14. The van der Waals surface area contributed by atoms with Gasteiger partial charge in [-0.05, 0) is 18.4 Å². The Morgan fingerprint density at radius 2 is 2.12 bits per heavy atom. The van der Waals surface area contributed by atoms with Gasteiger partial charge in [0.2, 0.25) is 0 Å². The van der Waals surface area contributed by atoms with Gasteiger partial charge in [0, 0.05) is 32.2 Å². The van der Waals surface area contributed by atoms with E-state index in [1.165, 1.54) is 44.5 Å². The number of benzene rings is 1. The highest BCUT2D eigenvalue weighted by atomic mass is 15.2. The lowest BCUT2D eigenvalue weighted by Crippen LogP contribution is -2.51. The summed E-state index contributed by atoms with van der Waals surface area (Å²) in [5, 5.41) is 3.51. The van der Waals surface area contributed by atoms with E-state index < -0.39 is 0 Å². The molecule has 1 aliphatic heterocycles. The molecule has 0 amide bonds. The Labute approximate surface area is 105 Å². The monoisotopic (exact) mass is 232 g/mol. The largest absolute Gasteiger partial charge is 0.314 e. The van der Waals surface area contributed by atoms with Crippen LogP contribution in [0, 0.1) is 0 Å². The molecule has 1 atom stereocenters. The molecule has 17 heavy (non-hydrogen) atoms. The number of nitrogens with one attached hydrogen (secondary N) is 1. The third-order valence-electron chi connectivity index (χ3n) is 3.62. The van der Waals surface area contributed by atoms with Crippen molar-refractivity contribution in [2.75, 3.05) is 26.2 Å². The second-order valence-electron chi connectivity index (χ2n) is 4.92. The van der Waals surface area contributed by atoms with Gasteiger partial charge in [0.15, 0.2) is 0 Å². The normalized spacial score (nSPS) is 21.6. The number of hydrogen-bond donors (Lipinski definition) is 1. The van der Waals surface area contributed by atoms with Crippen LogP contribution in [0.5, 0.6) is 0 Å². The summed E-state index contributed by atoms with van der Waals surface area (Å²) in [6.07, 6.45) is 3.79. The van der Waals surface area contributed by atoms with E-state index in [9.17, 15) is 0 Å². The molecule has 0 aliphatic carbocycles. The SMILES string of the molecule is CCCC1CNCCN1CCc1ccccc1. The molecule has 0 aromatic heterocycles. The molecule has 0 bridgehead atoms. The van der Waals surface area contributed by atoms with Crippen molar-refractivity contribution in [2.24, 2.45) is 0 Å². The predicted molar refractivity (Wildman–Crippen MR) is 73.3 cm³/mol. The van der Waals surface area contributed by atoms with Gasteiger partial charge in [-0.2, -0.15) is 0 Å². The molecule has 0 saturated carbocycles. The van der Waals surface area contributed by atoms with Crippen LogP contribution >= 0.6 is 0 Å². The van der Waals surface area contributed by atoms with Gasteiger partial charge in [-0.3, -0.25) is 4.90 Å². The number of nitrogens with zero attached hydrogens (tertiary/aromatic N) is 1. The van der Waals surface area contributed by atoms with Crippen LogP contribution in [0.1, 0.15) is 25.3 Å². The van der Waals surface area contributed by atoms with Crippen molar-refractivity contribution < 1.29 is 0 Å². The number of rotatable bonds is 5. The average molecular weight is 232 g/mol. The molecule has 1 aliphatic rings. The van der Waals surface area contributed by atoms with E-state index in [-0.39, 0.29) is 0 Å². The zero-order chi connectivity index (χ0) is 11.9. The number of piperazine rings is 1. The third-order valence-corrected chi connectivity index (χ3v) is 3.62. The van der Waals surface area contributed by atoms with Gasteiger partial charge in [-0.1, -0.05) is 43.7 Å². The summed E-state index contributed by atoms with van der Waals surface area (Å²) in [7, 11) is 0. The van der Waals surface area contributed by atoms with E-state index in [0.29, 0.717) is 0 Å². The van der Waals surface area contributed by atoms with Crippen molar-refractivity contribution in [1.29, 1.82) is 0 Å². The summed E-state index contributed by atoms with van der Waals surface area (Å²) in [6.45, 7) is 7.01. The quantitative estimate of drug-likeness (QED) is 0.838. The predicted octanol–water partition coefficient (Wildman–Crippen LogP) is 2.30. The fourth-order valence-corrected chi connectivity index (χ4v) is 2.63. The summed E-state index contributed by atoms with van der Waals surface area (Å²) in [5.41, 5.74) is 1.46. The summed E-state index contributed by atoms with van der Waals surface area (Å²) < 4.78 is 0. The standard InChI is InChI=1S/C15H24N2/c1-2-6-15-13-16-10-12-17(15)11-9-14-7-4-3-5-8-14/h3-5,7-8,15-16H,2,6,9-13H2,1H3. The van der Waals surface area contributed by atoms with E-state index in [0.717, 1.165) is 12.6 Å². The minimum Gasteiger partial charge on any atom is -0.314 e. The Bertz CT molecular complexity index is 308. The molecule has 2 heteroatoms. The first-order valence-electron chi connectivity index (χ1n) is 6.89. The van der Waals surface area contributed by atoms with Gasteiger partial charge in [-0.25, -0.2) is 0 Å². The van der Waals surface area contributed by atoms with E-state index >= 15 is 0 Å². The van der Waals surface area contributed by atoms with Crippen LogP contribution in [0.3, 0.4) is 0 Å². The highest BCUT2D eigenvalue weighted by Crippen LogP contribution is 2.11. The van der Waals surface area contributed by atoms with Crippen LogP contribution in [0.25, 0.3) is 0 Å². The molecule has 2 rings (SSSR count). The maximum Gasteiger partial charge on any atom is 0.0221 e. The lowest BCUT2D eigenvalue weighted by atomic mass is 10.1. The van der Waals surface area contributed by atoms with Crippen molar-refractivity contribution >= 4 is 0 Å². The van der Waals surface area contributed by atoms with Crippen LogP contribution < -0.4 is 5.32 Å². The Morgan fingerprint density at radius 1 is 1.29 bits per heavy atom. The maximum atomic E-state index is 3.51. The van der Waals surface area contributed by atoms with Crippen molar-refractivity contribution in [3.05, 3.63) is 35.9 Å². The molecule has 1 aromatic carbocycles. The Balaban J connectivity index is 1.84. The second-order valence-corrected chi connectivity index (χ2v) is 4.92. The smallest absolute Gasteiger partial charge is 0.0221 e. The van der Waals surface area contributed by atoms with Gasteiger partial charge in [0.1, 0.15) is 0 Å². The lowest BCUT2D eigenvalue weighted by molar-refractivity contribution is 0.154. The van der Waals surface area contributed by atoms with Gasteiger partial charge < -0.3 is 5.32 Å². The number of hydrogen-bond acceptors (Lipinski definition) is 2. The molecule has 1 aromatic rings. The summed E-state index contributed by atoms with van der Waals surface area (Å²) in [5.74, 6) is 0. The van der Waals surface area contributed by atoms with Crippen molar-refractivity contribution in [3.63, 3.8) is 0 Å². The summed E-state index contributed by atoms with van der Waals surface area (Å²) in [4.78, 5) is 2.66. The topological polar surface area (TPSA) is 15.3 Å². The zero-order valence-corrected chi connectivity index (χ0v) is 10.9. The first kappa shape index (κ1) is 12.6. The van der Waals surface area contributed by atoms with Gasteiger partial charge >= 0.3 is 0 Å². The fourth-order valence-electron chi connectivity index (χ4n) is 2.63. The van der Waals surface area contributed by atoms with Crippen LogP contribution in [0.4, 0.5) is 0 Å². The third kappa shape index (κ3) is 3.83. The first-order valence-corrected chi connectivity index (χ1v) is 6.89. The zero-order valence-electron chi connectivity index (χ0n) is 10.9. The molecule has 1 fully saturated rings. The summed E-state index contributed by atoms with van der Waals surface area (Å²) in [6, 6.07) is 11.6. The van der Waals surface area contributed by atoms with Crippen LogP contribution in [-0.4, -0.2) is 37.1 Å². The van der Waals surface area contributed by atoms with Crippen molar-refractivity contribution in [1.82, 2.24) is 10.2 Å². The van der Waals surface area contributed by atoms with Crippen molar-refractivity contribution in [2.45, 2.75) is 32.2 Å². The average Bonchev–Trinajstić information content (AvgIpc) is 2.39. The Hall–Kier alpha value is -0.860. The Morgan fingerprint density at radius 3 is 2.88 bits per heavy atom. The van der Waals surface area contributed by atoms with E-state index in [2.05, 4.69) is 47.5 Å². The molecule has 94 valence electrons. The van der Waals surface area contributed by atoms with Crippen molar-refractivity contribution in [3.8, 4) is 0 Å². The fraction of sp³-hybridized carbons (Fsp3) is 0.600. The van der Waals surface area contributed by atoms with E-state index in [1.54, 1.807) is 0 Å². The molecule has 1 heterocycles. The minimum absolute atomic E-state index is 0.748. The lowest BCUT2D eigenvalue weighted by Gasteiger charge is -2.36. The van der Waals surface area contributed by atoms with Crippen LogP contribution in [0.2, 0.25) is 0 Å². The highest BCUT2D eigenvalue weighted by Gasteiger charge is 2.20. The molecule has 0 spiro atoms. The second kappa shape index (κ2) is 6.77. The molecule has 1 unspecified atom stereocenters. The molecule has 0 radical (unpaired) electrons. The summed E-state index contributed by atoms with van der Waals surface area (Å²) >= 11 is 0. The van der Waals surface area contributed by atoms with Gasteiger partial charge in [0.05, 0.1) is 0 Å². The molecule has 1 N–H and O–H groups in total. The van der Waals surface area contributed by atoms with Crippen LogP contribution in [-0.2, 0) is 6.42 Å². The maximum absolute atomic E-state index is 3.51. The van der Waals surface area contributed by atoms with E-state index in [4.69, 9.17) is 0 Å². The van der Waals surface area contributed by atoms with Gasteiger partial charge in [-0.15, -0.1) is 0 Å². The molecular formula is C15H24N2. The first-order chi connectivity index (χ1) is 8.40. The molecule has 2 nitrogen and oxygen atoms in total. The van der Waals surface area contributed by atoms with Crippen LogP contribution in [0.15, 0.2) is 30.3 Å². The molecule has 1 saturated heterocycles. The van der Waals surface area contributed by atoms with Gasteiger partial charge in [0.25, 0.3) is 0 Å². The van der Waals surface area contributed by atoms with E-state index in [1.807, 2.05) is 0 Å². The Kier molecular flexibility index (Phi) is 5.02. The molecular weight excluding hydrogens is 208 g/mol. The minimum atomic E-state index is 0.748.